The molecular formula is C43H85NO8P+. The maximum absolute atomic E-state index is 12.6. The van der Waals surface area contributed by atoms with Gasteiger partial charge in [-0.25, -0.2) is 4.57 Å². The number of phosphoric acid groups is 1. The van der Waals surface area contributed by atoms with Gasteiger partial charge in [0.1, 0.15) is 19.8 Å². The second-order valence-electron chi connectivity index (χ2n) is 16.1. The van der Waals surface area contributed by atoms with Crippen molar-refractivity contribution in [1.29, 1.82) is 0 Å². The van der Waals surface area contributed by atoms with Gasteiger partial charge in [-0.2, -0.15) is 0 Å². The van der Waals surface area contributed by atoms with Crippen LogP contribution in [0.5, 0.6) is 0 Å². The fourth-order valence-corrected chi connectivity index (χ4v) is 6.80. The fourth-order valence-electron chi connectivity index (χ4n) is 6.05. The largest absolute Gasteiger partial charge is 0.472 e. The number of allylic oxidation sites excluding steroid dienone is 2. The molecule has 0 fully saturated rings. The zero-order valence-electron chi connectivity index (χ0n) is 35.3. The lowest BCUT2D eigenvalue weighted by atomic mass is 10.0. The molecule has 0 aliphatic heterocycles. The van der Waals surface area contributed by atoms with Crippen LogP contribution in [0.3, 0.4) is 0 Å². The van der Waals surface area contributed by atoms with Crippen molar-refractivity contribution in [2.24, 2.45) is 0 Å². The van der Waals surface area contributed by atoms with E-state index in [1.54, 1.807) is 0 Å². The van der Waals surface area contributed by atoms with Crippen molar-refractivity contribution in [2.75, 3.05) is 47.5 Å². The predicted octanol–water partition coefficient (Wildman–Crippen LogP) is 12.2. The molecular weight excluding hydrogens is 689 g/mol. The molecule has 0 radical (unpaired) electrons. The van der Waals surface area contributed by atoms with E-state index in [2.05, 4.69) is 26.0 Å². The molecule has 0 aromatic rings. The van der Waals surface area contributed by atoms with Gasteiger partial charge in [0.25, 0.3) is 0 Å². The molecule has 0 aromatic heterocycles. The molecule has 0 saturated carbocycles. The molecule has 0 aliphatic rings. The minimum absolute atomic E-state index is 0.0330. The summed E-state index contributed by atoms with van der Waals surface area (Å²) >= 11 is 0. The average molecular weight is 775 g/mol. The SMILES string of the molecule is CCCC/C=C/CCCCCCCC(=O)O[C@@H](COC(=O)CCCCCCCCCCCCCCCCCCCC)COP(=O)(O)OCC[N+](C)(C)C. The van der Waals surface area contributed by atoms with Crippen molar-refractivity contribution in [2.45, 2.75) is 206 Å². The maximum atomic E-state index is 12.6. The highest BCUT2D eigenvalue weighted by molar-refractivity contribution is 7.47. The first-order chi connectivity index (χ1) is 25.5. The van der Waals surface area contributed by atoms with Crippen molar-refractivity contribution in [1.82, 2.24) is 0 Å². The molecule has 0 heterocycles. The molecule has 2 atom stereocenters. The second kappa shape index (κ2) is 36.4. The minimum Gasteiger partial charge on any atom is -0.462 e. The van der Waals surface area contributed by atoms with E-state index >= 15 is 0 Å². The number of ether oxygens (including phenoxy) is 2. The minimum atomic E-state index is -4.37. The van der Waals surface area contributed by atoms with E-state index in [1.807, 2.05) is 21.1 Å². The third-order valence-electron chi connectivity index (χ3n) is 9.55. The number of esters is 2. The number of likely N-dealkylation sites (N-methyl/N-ethyl adjacent to an activating group) is 1. The Morgan fingerprint density at radius 1 is 0.566 bits per heavy atom. The first-order valence-corrected chi connectivity index (χ1v) is 23.4. The van der Waals surface area contributed by atoms with E-state index in [0.717, 1.165) is 57.8 Å². The number of carbonyl (C=O) groups excluding carboxylic acids is 2. The van der Waals surface area contributed by atoms with E-state index < -0.39 is 26.5 Å². The fraction of sp³-hybridized carbons (Fsp3) is 0.907. The van der Waals surface area contributed by atoms with Gasteiger partial charge in [-0.05, 0) is 32.1 Å². The monoisotopic (exact) mass is 775 g/mol. The molecule has 0 bridgehead atoms. The van der Waals surface area contributed by atoms with Gasteiger partial charge in [0, 0.05) is 12.8 Å². The van der Waals surface area contributed by atoms with Gasteiger partial charge in [-0.3, -0.25) is 18.6 Å². The van der Waals surface area contributed by atoms with E-state index in [9.17, 15) is 19.0 Å². The first-order valence-electron chi connectivity index (χ1n) is 21.9. The number of rotatable bonds is 40. The number of carbonyl (C=O) groups is 2. The van der Waals surface area contributed by atoms with Crippen LogP contribution in [0, 0.1) is 0 Å². The number of phosphoric ester groups is 1. The van der Waals surface area contributed by atoms with E-state index in [4.69, 9.17) is 18.5 Å². The molecule has 1 N–H and O–H groups in total. The van der Waals surface area contributed by atoms with Gasteiger partial charge in [0.2, 0.25) is 0 Å². The van der Waals surface area contributed by atoms with Crippen molar-refractivity contribution in [3.8, 4) is 0 Å². The summed E-state index contributed by atoms with van der Waals surface area (Å²) in [6, 6.07) is 0. The van der Waals surface area contributed by atoms with Crippen molar-refractivity contribution >= 4 is 19.8 Å². The molecule has 0 aliphatic carbocycles. The predicted molar refractivity (Wildman–Crippen MR) is 220 cm³/mol. The van der Waals surface area contributed by atoms with E-state index in [1.165, 1.54) is 109 Å². The van der Waals surface area contributed by atoms with Crippen LogP contribution in [-0.4, -0.2) is 74.9 Å². The highest BCUT2D eigenvalue weighted by atomic mass is 31.2. The molecule has 0 spiro atoms. The smallest absolute Gasteiger partial charge is 0.462 e. The Bertz CT molecular complexity index is 922. The van der Waals surface area contributed by atoms with E-state index in [0.29, 0.717) is 23.9 Å². The zero-order chi connectivity index (χ0) is 39.3. The summed E-state index contributed by atoms with van der Waals surface area (Å²) in [6.07, 6.45) is 36.9. The average Bonchev–Trinajstić information content (AvgIpc) is 3.10. The maximum Gasteiger partial charge on any atom is 0.472 e. The van der Waals surface area contributed by atoms with Crippen molar-refractivity contribution < 1.29 is 42.1 Å². The Hall–Kier alpha value is -1.25. The number of unbranched alkanes of at least 4 members (excludes halogenated alkanes) is 24. The van der Waals surface area contributed by atoms with Gasteiger partial charge < -0.3 is 18.9 Å². The third kappa shape index (κ3) is 40.2. The summed E-state index contributed by atoms with van der Waals surface area (Å²) in [7, 11) is 1.48. The van der Waals surface area contributed by atoms with E-state index in [-0.39, 0.29) is 25.6 Å². The van der Waals surface area contributed by atoms with Crippen LogP contribution >= 0.6 is 7.82 Å². The molecule has 9 nitrogen and oxygen atoms in total. The summed E-state index contributed by atoms with van der Waals surface area (Å²) in [5.74, 6) is -0.801. The van der Waals surface area contributed by atoms with Gasteiger partial charge in [-0.15, -0.1) is 0 Å². The van der Waals surface area contributed by atoms with Crippen LogP contribution in [0.25, 0.3) is 0 Å². The second-order valence-corrected chi connectivity index (χ2v) is 17.5. The standard InChI is InChI=1S/C43H84NO8P/c1-6-8-10-12-14-16-18-19-20-21-22-23-24-26-27-29-31-33-35-42(45)49-39-41(40-51-53(47,48)50-38-37-44(3,4)5)52-43(46)36-34-32-30-28-25-17-15-13-11-9-7-2/h13,15,41H,6-12,14,16-40H2,1-5H3/p+1/b15-13+/t41-/m0/s1. The van der Waals surface area contributed by atoms with Gasteiger partial charge in [-0.1, -0.05) is 167 Å². The van der Waals surface area contributed by atoms with Crippen LogP contribution in [0.1, 0.15) is 200 Å². The molecule has 0 aromatic carbocycles. The summed E-state index contributed by atoms with van der Waals surface area (Å²) in [4.78, 5) is 35.3. The molecule has 0 rings (SSSR count). The van der Waals surface area contributed by atoms with Crippen molar-refractivity contribution in [3.05, 3.63) is 12.2 Å². The summed E-state index contributed by atoms with van der Waals surface area (Å²) < 4.78 is 34.2. The lowest BCUT2D eigenvalue weighted by Gasteiger charge is -2.24. The molecule has 1 unspecified atom stereocenters. The highest BCUT2D eigenvalue weighted by Gasteiger charge is 2.27. The van der Waals surface area contributed by atoms with Crippen LogP contribution in [-0.2, 0) is 32.7 Å². The zero-order valence-corrected chi connectivity index (χ0v) is 36.2. The topological polar surface area (TPSA) is 108 Å². The van der Waals surface area contributed by atoms with Crippen LogP contribution in [0.2, 0.25) is 0 Å². The third-order valence-corrected chi connectivity index (χ3v) is 10.5. The number of quaternary nitrogens is 1. The highest BCUT2D eigenvalue weighted by Crippen LogP contribution is 2.43. The Balaban J connectivity index is 4.27. The summed E-state index contributed by atoms with van der Waals surface area (Å²) in [6.45, 7) is 4.39. The van der Waals surface area contributed by atoms with Gasteiger partial charge >= 0.3 is 19.8 Å². The number of nitrogens with zero attached hydrogens (tertiary/aromatic N) is 1. The normalized spacial score (nSPS) is 13.7. The molecule has 314 valence electrons. The lowest BCUT2D eigenvalue weighted by Crippen LogP contribution is -2.37. The van der Waals surface area contributed by atoms with Crippen LogP contribution in [0.15, 0.2) is 12.2 Å². The van der Waals surface area contributed by atoms with Crippen molar-refractivity contribution in [3.63, 3.8) is 0 Å². The summed E-state index contributed by atoms with van der Waals surface area (Å²) in [5.41, 5.74) is 0. The molecule has 0 saturated heterocycles. The Morgan fingerprint density at radius 3 is 1.45 bits per heavy atom. The van der Waals surface area contributed by atoms with Crippen LogP contribution < -0.4 is 0 Å². The molecule has 53 heavy (non-hydrogen) atoms. The number of hydrogen-bond acceptors (Lipinski definition) is 7. The molecule has 10 heteroatoms. The Kier molecular flexibility index (Phi) is 35.5. The summed E-state index contributed by atoms with van der Waals surface area (Å²) in [5, 5.41) is 0. The Labute approximate surface area is 326 Å². The number of hydrogen-bond donors (Lipinski definition) is 1. The Morgan fingerprint density at radius 2 is 0.981 bits per heavy atom. The quantitative estimate of drug-likeness (QED) is 0.0215. The van der Waals surface area contributed by atoms with Crippen LogP contribution in [0.4, 0.5) is 0 Å². The first kappa shape index (κ1) is 51.8. The lowest BCUT2D eigenvalue weighted by molar-refractivity contribution is -0.870. The molecule has 0 amide bonds. The van der Waals surface area contributed by atoms with Gasteiger partial charge in [0.15, 0.2) is 6.10 Å². The van der Waals surface area contributed by atoms with Gasteiger partial charge in [0.05, 0.1) is 27.7 Å².